The molecule has 0 unspecified atom stereocenters. The molecular formula is C25H21N5O. The van der Waals surface area contributed by atoms with Gasteiger partial charge in [0.1, 0.15) is 6.04 Å². The van der Waals surface area contributed by atoms with Crippen molar-refractivity contribution in [2.75, 3.05) is 10.6 Å². The molecule has 1 aliphatic rings. The minimum Gasteiger partial charge on any atom is -0.324 e. The molecule has 5 rings (SSSR count). The van der Waals surface area contributed by atoms with Gasteiger partial charge >= 0.3 is 0 Å². The summed E-state index contributed by atoms with van der Waals surface area (Å²) in [6.07, 6.45) is 2.12. The quantitative estimate of drug-likeness (QED) is 0.505. The predicted octanol–water partition coefficient (Wildman–Crippen LogP) is 4.89. The van der Waals surface area contributed by atoms with E-state index in [1.807, 2.05) is 73.7 Å². The molecule has 152 valence electrons. The summed E-state index contributed by atoms with van der Waals surface area (Å²) in [6, 6.07) is 27.5. The number of amides is 1. The Morgan fingerprint density at radius 2 is 1.71 bits per heavy atom. The number of allylic oxidation sites excluding steroid dienone is 1. The number of aryl methyl sites for hydroxylation is 1. The van der Waals surface area contributed by atoms with Gasteiger partial charge in [-0.1, -0.05) is 78.4 Å². The molecule has 6 heteroatoms. The standard InChI is InChI=1S/C25H21N5O/c1-17-9-8-14-20(15-17)23(31)27-24-28-25-26-21(18-10-4-2-5-11-18)16-22(30(25)29-24)19-12-6-3-7-13-19/h2-16,22H,1H3,(H2,26,27,28,29,31)/t22-/m1/s1. The molecule has 0 radical (unpaired) electrons. The maximum atomic E-state index is 12.7. The Morgan fingerprint density at radius 1 is 0.968 bits per heavy atom. The minimum absolute atomic E-state index is 0.148. The van der Waals surface area contributed by atoms with Crippen LogP contribution >= 0.6 is 0 Å². The number of carbonyl (C=O) groups excluding carboxylic acids is 1. The lowest BCUT2D eigenvalue weighted by atomic mass is 10.0. The zero-order valence-electron chi connectivity index (χ0n) is 17.0. The first-order valence-electron chi connectivity index (χ1n) is 10.1. The number of hydrogen-bond donors (Lipinski definition) is 2. The average Bonchev–Trinajstić information content (AvgIpc) is 3.22. The van der Waals surface area contributed by atoms with Gasteiger partial charge in [0.2, 0.25) is 5.95 Å². The van der Waals surface area contributed by atoms with Crippen molar-refractivity contribution in [1.82, 2.24) is 14.8 Å². The summed E-state index contributed by atoms with van der Waals surface area (Å²) < 4.78 is 1.80. The number of rotatable bonds is 4. The van der Waals surface area contributed by atoms with Crippen LogP contribution in [-0.2, 0) is 0 Å². The van der Waals surface area contributed by atoms with Gasteiger partial charge in [0.15, 0.2) is 0 Å². The number of benzene rings is 3. The van der Waals surface area contributed by atoms with Gasteiger partial charge in [0.05, 0.1) is 0 Å². The number of fused-ring (bicyclic) bond motifs is 1. The van der Waals surface area contributed by atoms with Gasteiger partial charge in [-0.15, -0.1) is 5.10 Å². The van der Waals surface area contributed by atoms with Crippen LogP contribution in [0.1, 0.15) is 33.1 Å². The highest BCUT2D eigenvalue weighted by molar-refractivity contribution is 6.03. The molecule has 0 saturated heterocycles. The van der Waals surface area contributed by atoms with E-state index in [2.05, 4.69) is 38.9 Å². The Bertz CT molecular complexity index is 1260. The number of carbonyl (C=O) groups is 1. The molecule has 0 saturated carbocycles. The summed E-state index contributed by atoms with van der Waals surface area (Å²) in [5, 5.41) is 10.8. The predicted molar refractivity (Wildman–Crippen MR) is 122 cm³/mol. The van der Waals surface area contributed by atoms with Crippen LogP contribution in [0.3, 0.4) is 0 Å². The zero-order chi connectivity index (χ0) is 21.2. The lowest BCUT2D eigenvalue weighted by Crippen LogP contribution is -2.20. The topological polar surface area (TPSA) is 71.8 Å². The molecule has 0 fully saturated rings. The molecule has 31 heavy (non-hydrogen) atoms. The fourth-order valence-electron chi connectivity index (χ4n) is 3.68. The molecule has 4 aromatic rings. The van der Waals surface area contributed by atoms with Crippen molar-refractivity contribution >= 4 is 23.5 Å². The summed E-state index contributed by atoms with van der Waals surface area (Å²) in [7, 11) is 0. The van der Waals surface area contributed by atoms with Crippen molar-refractivity contribution < 1.29 is 4.79 Å². The van der Waals surface area contributed by atoms with Crippen LogP contribution in [0.15, 0.2) is 91.0 Å². The number of aromatic nitrogens is 3. The third kappa shape index (κ3) is 3.83. The molecule has 3 aromatic carbocycles. The normalized spacial score (nSPS) is 14.9. The lowest BCUT2D eigenvalue weighted by molar-refractivity contribution is 0.102. The van der Waals surface area contributed by atoms with Gasteiger partial charge in [-0.2, -0.15) is 4.98 Å². The van der Waals surface area contributed by atoms with E-state index in [4.69, 9.17) is 0 Å². The molecule has 0 aliphatic carbocycles. The van der Waals surface area contributed by atoms with E-state index in [9.17, 15) is 4.79 Å². The van der Waals surface area contributed by atoms with Crippen molar-refractivity contribution in [3.8, 4) is 0 Å². The van der Waals surface area contributed by atoms with Gasteiger partial charge in [0.25, 0.3) is 11.9 Å². The van der Waals surface area contributed by atoms with Gasteiger partial charge in [0, 0.05) is 11.3 Å². The summed E-state index contributed by atoms with van der Waals surface area (Å²) in [4.78, 5) is 17.2. The lowest BCUT2D eigenvalue weighted by Gasteiger charge is -2.24. The molecule has 6 nitrogen and oxygen atoms in total. The van der Waals surface area contributed by atoms with E-state index in [1.54, 1.807) is 10.7 Å². The average molecular weight is 407 g/mol. The molecule has 2 heterocycles. The highest BCUT2D eigenvalue weighted by Crippen LogP contribution is 2.33. The van der Waals surface area contributed by atoms with Crippen LogP contribution in [0.25, 0.3) is 5.70 Å². The van der Waals surface area contributed by atoms with Crippen molar-refractivity contribution in [3.05, 3.63) is 113 Å². The Hall–Kier alpha value is -4.19. The summed E-state index contributed by atoms with van der Waals surface area (Å²) in [6.45, 7) is 1.95. The highest BCUT2D eigenvalue weighted by Gasteiger charge is 2.25. The van der Waals surface area contributed by atoms with Crippen LogP contribution in [0, 0.1) is 6.92 Å². The monoisotopic (exact) mass is 407 g/mol. The number of nitrogens with one attached hydrogen (secondary N) is 2. The largest absolute Gasteiger partial charge is 0.324 e. The molecule has 1 amide bonds. The van der Waals surface area contributed by atoms with Gasteiger partial charge < -0.3 is 5.32 Å². The Kier molecular flexibility index (Phi) is 4.80. The molecule has 0 bridgehead atoms. The second kappa shape index (κ2) is 7.91. The van der Waals surface area contributed by atoms with Crippen LogP contribution in [0.2, 0.25) is 0 Å². The molecule has 1 atom stereocenters. The Labute approximate surface area is 180 Å². The van der Waals surface area contributed by atoms with E-state index in [-0.39, 0.29) is 17.9 Å². The second-order valence-electron chi connectivity index (χ2n) is 7.45. The highest BCUT2D eigenvalue weighted by atomic mass is 16.1. The minimum atomic E-state index is -0.237. The van der Waals surface area contributed by atoms with Gasteiger partial charge in [-0.25, -0.2) is 4.68 Å². The van der Waals surface area contributed by atoms with E-state index in [0.29, 0.717) is 11.5 Å². The number of hydrogen-bond acceptors (Lipinski definition) is 4. The molecule has 1 aromatic heterocycles. The van der Waals surface area contributed by atoms with Crippen molar-refractivity contribution in [2.24, 2.45) is 0 Å². The van der Waals surface area contributed by atoms with Gasteiger partial charge in [-0.05, 0) is 36.3 Å². The fourth-order valence-corrected chi connectivity index (χ4v) is 3.68. The fraction of sp³-hybridized carbons (Fsp3) is 0.0800. The molecule has 2 N–H and O–H groups in total. The molecule has 1 aliphatic heterocycles. The maximum absolute atomic E-state index is 12.7. The maximum Gasteiger partial charge on any atom is 0.258 e. The number of anilines is 2. The van der Waals surface area contributed by atoms with Crippen LogP contribution in [0.5, 0.6) is 0 Å². The third-order valence-corrected chi connectivity index (χ3v) is 5.20. The van der Waals surface area contributed by atoms with Crippen molar-refractivity contribution in [3.63, 3.8) is 0 Å². The number of nitrogens with zero attached hydrogens (tertiary/aromatic N) is 3. The SMILES string of the molecule is Cc1cccc(C(=O)Nc2nc3n(n2)[C@@H](c2ccccc2)C=C(c2ccccc2)N3)c1. The first-order chi connectivity index (χ1) is 15.2. The van der Waals surface area contributed by atoms with Crippen molar-refractivity contribution in [2.45, 2.75) is 13.0 Å². The molecule has 0 spiro atoms. The van der Waals surface area contributed by atoms with E-state index in [1.165, 1.54) is 0 Å². The second-order valence-corrected chi connectivity index (χ2v) is 7.45. The van der Waals surface area contributed by atoms with Crippen LogP contribution in [0.4, 0.5) is 11.9 Å². The smallest absolute Gasteiger partial charge is 0.258 e. The Balaban J connectivity index is 1.50. The van der Waals surface area contributed by atoms with E-state index in [0.717, 1.165) is 22.4 Å². The van der Waals surface area contributed by atoms with Crippen LogP contribution < -0.4 is 10.6 Å². The van der Waals surface area contributed by atoms with Crippen molar-refractivity contribution in [1.29, 1.82) is 0 Å². The van der Waals surface area contributed by atoms with E-state index >= 15 is 0 Å². The Morgan fingerprint density at radius 3 is 2.45 bits per heavy atom. The zero-order valence-corrected chi connectivity index (χ0v) is 17.0. The molecular weight excluding hydrogens is 386 g/mol. The summed E-state index contributed by atoms with van der Waals surface area (Å²) >= 11 is 0. The first kappa shape index (κ1) is 18.8. The summed E-state index contributed by atoms with van der Waals surface area (Å²) in [5.74, 6) is 0.603. The van der Waals surface area contributed by atoms with Crippen LogP contribution in [-0.4, -0.2) is 20.7 Å². The summed E-state index contributed by atoms with van der Waals surface area (Å²) in [5.41, 5.74) is 4.68. The van der Waals surface area contributed by atoms with E-state index < -0.39 is 0 Å². The third-order valence-electron chi connectivity index (χ3n) is 5.20. The first-order valence-corrected chi connectivity index (χ1v) is 10.1. The van der Waals surface area contributed by atoms with Gasteiger partial charge in [-0.3, -0.25) is 10.1 Å².